The molecule has 1 unspecified atom stereocenters. The van der Waals surface area contributed by atoms with Crippen LogP contribution in [-0.2, 0) is 11.3 Å². The van der Waals surface area contributed by atoms with Crippen molar-refractivity contribution in [1.29, 1.82) is 0 Å². The Morgan fingerprint density at radius 3 is 2.49 bits per heavy atom. The van der Waals surface area contributed by atoms with E-state index in [9.17, 15) is 18.4 Å². The third-order valence-electron chi connectivity index (χ3n) is 6.72. The van der Waals surface area contributed by atoms with E-state index in [-0.39, 0.29) is 29.5 Å². The summed E-state index contributed by atoms with van der Waals surface area (Å²) in [6.45, 7) is 8.26. The van der Waals surface area contributed by atoms with E-state index in [4.69, 9.17) is 5.73 Å². The number of nitrogens with zero attached hydrogens (tertiary/aromatic N) is 2. The first kappa shape index (κ1) is 28.0. The number of rotatable bonds is 8. The summed E-state index contributed by atoms with van der Waals surface area (Å²) in [5.74, 6) is -1.77. The largest absolute Gasteiger partial charge is 0.380 e. The van der Waals surface area contributed by atoms with E-state index in [1.165, 1.54) is 18.3 Å². The molecular formula is C29H34F2N6O2. The molecule has 2 heterocycles. The Hall–Kier alpha value is -4.05. The van der Waals surface area contributed by atoms with E-state index in [0.29, 0.717) is 28.4 Å². The van der Waals surface area contributed by atoms with Crippen LogP contribution in [0.1, 0.15) is 49.5 Å². The number of pyridine rings is 1. The van der Waals surface area contributed by atoms with Crippen molar-refractivity contribution >= 4 is 34.7 Å². The van der Waals surface area contributed by atoms with Crippen LogP contribution >= 0.6 is 0 Å². The van der Waals surface area contributed by atoms with Crippen molar-refractivity contribution in [1.82, 2.24) is 9.88 Å². The second kappa shape index (κ2) is 11.8. The van der Waals surface area contributed by atoms with Gasteiger partial charge in [0, 0.05) is 48.3 Å². The SMILES string of the molecule is CC(C)(C)N1CCCC(C(=O)Nc2cccc(Nc3cc(NCc4cc(F)cc(F)c4)c(C(N)=O)cn3)c2)C1. The van der Waals surface area contributed by atoms with Gasteiger partial charge in [-0.1, -0.05) is 6.07 Å². The molecule has 1 atom stereocenters. The highest BCUT2D eigenvalue weighted by molar-refractivity contribution is 5.98. The highest BCUT2D eigenvalue weighted by atomic mass is 19.1. The third-order valence-corrected chi connectivity index (χ3v) is 6.72. The van der Waals surface area contributed by atoms with Crippen LogP contribution in [0.4, 0.5) is 31.7 Å². The zero-order valence-corrected chi connectivity index (χ0v) is 22.4. The van der Waals surface area contributed by atoms with Gasteiger partial charge < -0.3 is 21.7 Å². The van der Waals surface area contributed by atoms with E-state index < -0.39 is 17.5 Å². The average molecular weight is 537 g/mol. The van der Waals surface area contributed by atoms with Crippen LogP contribution in [-0.4, -0.2) is 40.3 Å². The van der Waals surface area contributed by atoms with Gasteiger partial charge in [-0.3, -0.25) is 14.5 Å². The molecule has 4 rings (SSSR count). The maximum atomic E-state index is 13.6. The molecule has 0 aliphatic carbocycles. The third kappa shape index (κ3) is 7.51. The number of aromatic nitrogens is 1. The van der Waals surface area contributed by atoms with Crippen molar-refractivity contribution in [2.75, 3.05) is 29.0 Å². The standard InChI is InChI=1S/C29H34F2N6O2/c1-29(2,3)37-9-5-6-19(17-37)28(39)36-23-8-4-7-22(13-23)35-26-14-25(24(16-34-26)27(32)38)33-15-18-10-20(30)12-21(31)11-18/h4,7-8,10-14,16,19H,5-6,9,15,17H2,1-3H3,(H2,32,38)(H,36,39)(H2,33,34,35). The number of hydrogen-bond donors (Lipinski definition) is 4. The number of nitrogens with one attached hydrogen (secondary N) is 3. The highest BCUT2D eigenvalue weighted by Crippen LogP contribution is 2.27. The summed E-state index contributed by atoms with van der Waals surface area (Å²) in [7, 11) is 0. The number of amides is 2. The van der Waals surface area contributed by atoms with Gasteiger partial charge in [-0.2, -0.15) is 0 Å². The Balaban J connectivity index is 1.45. The Kier molecular flexibility index (Phi) is 8.44. The summed E-state index contributed by atoms with van der Waals surface area (Å²) >= 11 is 0. The maximum Gasteiger partial charge on any atom is 0.252 e. The first-order valence-corrected chi connectivity index (χ1v) is 12.9. The van der Waals surface area contributed by atoms with Crippen LogP contribution in [0, 0.1) is 17.6 Å². The van der Waals surface area contributed by atoms with Gasteiger partial charge in [-0.05, 0) is 76.1 Å². The highest BCUT2D eigenvalue weighted by Gasteiger charge is 2.31. The summed E-state index contributed by atoms with van der Waals surface area (Å²) in [5, 5.41) is 9.20. The molecule has 8 nitrogen and oxygen atoms in total. The molecule has 0 saturated carbocycles. The first-order chi connectivity index (χ1) is 18.5. The van der Waals surface area contributed by atoms with Crippen molar-refractivity contribution in [2.24, 2.45) is 11.7 Å². The number of anilines is 4. The monoisotopic (exact) mass is 536 g/mol. The Bertz CT molecular complexity index is 1340. The summed E-state index contributed by atoms with van der Waals surface area (Å²) < 4.78 is 27.1. The van der Waals surface area contributed by atoms with Crippen LogP contribution in [0.15, 0.2) is 54.7 Å². The lowest BCUT2D eigenvalue weighted by molar-refractivity contribution is -0.122. The number of hydrogen-bond acceptors (Lipinski definition) is 6. The van der Waals surface area contributed by atoms with Crippen LogP contribution in [0.25, 0.3) is 0 Å². The molecule has 1 aliphatic heterocycles. The molecule has 1 saturated heterocycles. The molecule has 1 fully saturated rings. The Morgan fingerprint density at radius 1 is 1.08 bits per heavy atom. The average Bonchev–Trinajstić information content (AvgIpc) is 2.86. The molecule has 1 aliphatic rings. The lowest BCUT2D eigenvalue weighted by Crippen LogP contribution is -2.49. The van der Waals surface area contributed by atoms with Gasteiger partial charge in [0.25, 0.3) is 5.91 Å². The first-order valence-electron chi connectivity index (χ1n) is 12.9. The van der Waals surface area contributed by atoms with Gasteiger partial charge in [-0.15, -0.1) is 0 Å². The fourth-order valence-electron chi connectivity index (χ4n) is 4.64. The minimum Gasteiger partial charge on any atom is -0.380 e. The van der Waals surface area contributed by atoms with E-state index in [2.05, 4.69) is 46.6 Å². The molecule has 2 aromatic carbocycles. The van der Waals surface area contributed by atoms with Crippen LogP contribution in [0.2, 0.25) is 0 Å². The molecular weight excluding hydrogens is 502 g/mol. The van der Waals surface area contributed by atoms with Gasteiger partial charge in [-0.25, -0.2) is 13.8 Å². The lowest BCUT2D eigenvalue weighted by atomic mass is 9.93. The van der Waals surface area contributed by atoms with Crippen LogP contribution < -0.4 is 21.7 Å². The zero-order chi connectivity index (χ0) is 28.2. The van der Waals surface area contributed by atoms with Crippen molar-refractivity contribution in [3.05, 3.63) is 77.5 Å². The summed E-state index contributed by atoms with van der Waals surface area (Å²) in [6, 6.07) is 12.0. The second-order valence-electron chi connectivity index (χ2n) is 10.8. The van der Waals surface area contributed by atoms with Crippen LogP contribution in [0.3, 0.4) is 0 Å². The number of nitrogens with two attached hydrogens (primary N) is 1. The maximum absolute atomic E-state index is 13.6. The predicted octanol–water partition coefficient (Wildman–Crippen LogP) is 5.26. The lowest BCUT2D eigenvalue weighted by Gasteiger charge is -2.41. The van der Waals surface area contributed by atoms with Gasteiger partial charge >= 0.3 is 0 Å². The van der Waals surface area contributed by atoms with Crippen molar-refractivity contribution in [3.63, 3.8) is 0 Å². The molecule has 39 heavy (non-hydrogen) atoms. The Labute approximate surface area is 227 Å². The fraction of sp³-hybridized carbons (Fsp3) is 0.345. The van der Waals surface area contributed by atoms with E-state index in [0.717, 1.165) is 32.0 Å². The van der Waals surface area contributed by atoms with Gasteiger partial charge in [0.15, 0.2) is 0 Å². The molecule has 5 N–H and O–H groups in total. The van der Waals surface area contributed by atoms with Crippen LogP contribution in [0.5, 0.6) is 0 Å². The minimum atomic E-state index is -0.695. The van der Waals surface area contributed by atoms with E-state index in [1.54, 1.807) is 12.1 Å². The predicted molar refractivity (Wildman–Crippen MR) is 149 cm³/mol. The normalized spacial score (nSPS) is 16.0. The number of benzene rings is 2. The molecule has 3 aromatic rings. The number of carbonyl (C=O) groups is 2. The summed E-state index contributed by atoms with van der Waals surface area (Å²) in [5.41, 5.74) is 7.68. The van der Waals surface area contributed by atoms with Crippen molar-refractivity contribution in [2.45, 2.75) is 45.7 Å². The fourth-order valence-corrected chi connectivity index (χ4v) is 4.64. The zero-order valence-electron chi connectivity index (χ0n) is 22.4. The molecule has 2 amide bonds. The second-order valence-corrected chi connectivity index (χ2v) is 10.8. The quantitative estimate of drug-likeness (QED) is 0.312. The molecule has 0 radical (unpaired) electrons. The molecule has 0 spiro atoms. The molecule has 0 bridgehead atoms. The molecule has 10 heteroatoms. The number of carbonyl (C=O) groups excluding carboxylic acids is 2. The molecule has 1 aromatic heterocycles. The van der Waals surface area contributed by atoms with Gasteiger partial charge in [0.05, 0.1) is 17.2 Å². The molecule has 206 valence electrons. The van der Waals surface area contributed by atoms with Crippen molar-refractivity contribution in [3.8, 4) is 0 Å². The van der Waals surface area contributed by atoms with E-state index >= 15 is 0 Å². The number of halogens is 2. The van der Waals surface area contributed by atoms with Crippen molar-refractivity contribution < 1.29 is 18.4 Å². The van der Waals surface area contributed by atoms with E-state index in [1.807, 2.05) is 18.2 Å². The van der Waals surface area contributed by atoms with Gasteiger partial charge in [0.2, 0.25) is 5.91 Å². The van der Waals surface area contributed by atoms with Gasteiger partial charge in [0.1, 0.15) is 17.5 Å². The summed E-state index contributed by atoms with van der Waals surface area (Å²) in [4.78, 5) is 31.6. The minimum absolute atomic E-state index is 0.00897. The topological polar surface area (TPSA) is 112 Å². The number of piperidine rings is 1. The summed E-state index contributed by atoms with van der Waals surface area (Å²) in [6.07, 6.45) is 3.16. The smallest absolute Gasteiger partial charge is 0.252 e. The number of primary amides is 1. The Morgan fingerprint density at radius 2 is 1.79 bits per heavy atom. The number of likely N-dealkylation sites (tertiary alicyclic amines) is 1.